The van der Waals surface area contributed by atoms with Gasteiger partial charge in [-0.05, 0) is 50.6 Å². The Labute approximate surface area is 164 Å². The van der Waals surface area contributed by atoms with Crippen LogP contribution in [0.1, 0.15) is 42.3 Å². The fraction of sp³-hybridized carbons (Fsp3) is 0.316. The molecule has 3 nitrogen and oxygen atoms in total. The van der Waals surface area contributed by atoms with E-state index in [1.54, 1.807) is 45.0 Å². The summed E-state index contributed by atoms with van der Waals surface area (Å²) in [4.78, 5) is 12.4. The molecule has 2 aromatic carbocycles. The van der Waals surface area contributed by atoms with E-state index in [4.69, 9.17) is 0 Å². The van der Waals surface area contributed by atoms with E-state index >= 15 is 0 Å². The molecule has 27 heavy (non-hydrogen) atoms. The van der Waals surface area contributed by atoms with E-state index in [-0.39, 0.29) is 6.54 Å². The van der Waals surface area contributed by atoms with Gasteiger partial charge in [0.05, 0.1) is 12.1 Å². The standard InChI is InChI=1S/C19H20F3NO2S2/c1-18(2,3)27(25)23-11-14-10-15(19(20,21)22)8-9-17(14)26-16-7-5-4-6-13(16)12-24/h4-10,12,23H,11H2,1-3H3. The Hall–Kier alpha value is -1.48. The lowest BCUT2D eigenvalue weighted by molar-refractivity contribution is -0.137. The van der Waals surface area contributed by atoms with Gasteiger partial charge in [0.25, 0.3) is 0 Å². The molecule has 1 N–H and O–H groups in total. The van der Waals surface area contributed by atoms with Crippen molar-refractivity contribution in [2.24, 2.45) is 0 Å². The van der Waals surface area contributed by atoms with Gasteiger partial charge in [-0.2, -0.15) is 13.2 Å². The van der Waals surface area contributed by atoms with Crippen molar-refractivity contribution in [3.63, 3.8) is 0 Å². The molecule has 0 fully saturated rings. The zero-order chi connectivity index (χ0) is 20.2. The topological polar surface area (TPSA) is 52.2 Å². The maximum absolute atomic E-state index is 13.1. The molecular weight excluding hydrogens is 395 g/mol. The number of rotatable bonds is 6. The van der Waals surface area contributed by atoms with Gasteiger partial charge >= 0.3 is 6.18 Å². The summed E-state index contributed by atoms with van der Waals surface area (Å²) in [6, 6.07) is 10.3. The minimum Gasteiger partial charge on any atom is -0.598 e. The number of carbonyl (C=O) groups excluding carboxylic acids is 1. The maximum Gasteiger partial charge on any atom is 0.416 e. The quantitative estimate of drug-likeness (QED) is 0.519. The molecule has 1 unspecified atom stereocenters. The van der Waals surface area contributed by atoms with Crippen LogP contribution in [0.5, 0.6) is 0 Å². The molecule has 0 radical (unpaired) electrons. The van der Waals surface area contributed by atoms with E-state index in [2.05, 4.69) is 4.72 Å². The Morgan fingerprint density at radius 1 is 1.11 bits per heavy atom. The van der Waals surface area contributed by atoms with Crippen LogP contribution in [0.25, 0.3) is 0 Å². The molecule has 0 aliphatic rings. The minimum atomic E-state index is -4.47. The Bertz CT molecular complexity index is 804. The van der Waals surface area contributed by atoms with E-state index < -0.39 is 27.8 Å². The normalized spacial score (nSPS) is 13.4. The van der Waals surface area contributed by atoms with Crippen molar-refractivity contribution >= 4 is 29.4 Å². The van der Waals surface area contributed by atoms with Crippen molar-refractivity contribution in [1.82, 2.24) is 4.72 Å². The van der Waals surface area contributed by atoms with Gasteiger partial charge in [-0.3, -0.25) is 4.79 Å². The van der Waals surface area contributed by atoms with Crippen LogP contribution in [0.3, 0.4) is 0 Å². The number of hydrogen-bond acceptors (Lipinski definition) is 4. The van der Waals surface area contributed by atoms with Crippen LogP contribution < -0.4 is 4.72 Å². The van der Waals surface area contributed by atoms with Crippen molar-refractivity contribution in [3.05, 3.63) is 59.2 Å². The average Bonchev–Trinajstić information content (AvgIpc) is 2.59. The van der Waals surface area contributed by atoms with E-state index in [0.29, 0.717) is 27.2 Å². The van der Waals surface area contributed by atoms with Crippen LogP contribution in [-0.2, 0) is 24.1 Å². The summed E-state index contributed by atoms with van der Waals surface area (Å²) in [7, 11) is 0. The molecule has 0 saturated carbocycles. The number of carbonyl (C=O) groups is 1. The Morgan fingerprint density at radius 2 is 1.78 bits per heavy atom. The number of nitrogens with one attached hydrogen (secondary N) is 1. The molecule has 1 atom stereocenters. The molecule has 0 aliphatic carbocycles. The first-order valence-corrected chi connectivity index (χ1v) is 10.1. The van der Waals surface area contributed by atoms with Crippen LogP contribution in [0, 0.1) is 0 Å². The molecule has 0 amide bonds. The first-order chi connectivity index (χ1) is 12.5. The summed E-state index contributed by atoms with van der Waals surface area (Å²) in [5.74, 6) is 0. The molecule has 0 aliphatic heterocycles. The fourth-order valence-electron chi connectivity index (χ4n) is 2.14. The van der Waals surface area contributed by atoms with Crippen LogP contribution in [0.4, 0.5) is 13.2 Å². The lowest BCUT2D eigenvalue weighted by Gasteiger charge is -2.24. The lowest BCUT2D eigenvalue weighted by Crippen LogP contribution is -2.39. The zero-order valence-corrected chi connectivity index (χ0v) is 16.7. The van der Waals surface area contributed by atoms with Gasteiger partial charge in [-0.25, -0.2) is 0 Å². The van der Waals surface area contributed by atoms with Crippen LogP contribution in [0.2, 0.25) is 0 Å². The third-order valence-electron chi connectivity index (χ3n) is 3.60. The van der Waals surface area contributed by atoms with Gasteiger partial charge in [-0.15, -0.1) is 4.72 Å². The largest absolute Gasteiger partial charge is 0.598 e. The summed E-state index contributed by atoms with van der Waals surface area (Å²) in [5, 5.41) is 0. The SMILES string of the molecule is CC(C)(C)[S+]([O-])NCc1cc(C(F)(F)F)ccc1Sc1ccccc1C=O. The molecule has 0 bridgehead atoms. The summed E-state index contributed by atoms with van der Waals surface area (Å²) in [6.45, 7) is 5.34. The van der Waals surface area contributed by atoms with Gasteiger partial charge in [0.1, 0.15) is 4.75 Å². The van der Waals surface area contributed by atoms with Crippen molar-refractivity contribution < 1.29 is 22.5 Å². The van der Waals surface area contributed by atoms with Crippen molar-refractivity contribution in [2.75, 3.05) is 0 Å². The molecule has 8 heteroatoms. The number of hydrogen-bond donors (Lipinski definition) is 1. The van der Waals surface area contributed by atoms with Crippen molar-refractivity contribution in [2.45, 2.75) is 48.0 Å². The highest BCUT2D eigenvalue weighted by Crippen LogP contribution is 2.36. The Morgan fingerprint density at radius 3 is 2.37 bits per heavy atom. The van der Waals surface area contributed by atoms with Crippen LogP contribution >= 0.6 is 11.8 Å². The Balaban J connectivity index is 2.36. The second kappa shape index (κ2) is 8.68. The third-order valence-corrected chi connectivity index (χ3v) is 6.33. The number of alkyl halides is 3. The van der Waals surface area contributed by atoms with E-state index in [0.717, 1.165) is 12.1 Å². The summed E-state index contributed by atoms with van der Waals surface area (Å²) in [5.41, 5.74) is 0.0570. The van der Waals surface area contributed by atoms with Gasteiger partial charge in [0, 0.05) is 26.7 Å². The second-order valence-corrected chi connectivity index (χ2v) is 9.91. The van der Waals surface area contributed by atoms with Gasteiger partial charge in [-0.1, -0.05) is 30.0 Å². The molecular formula is C19H20F3NO2S2. The van der Waals surface area contributed by atoms with E-state index in [9.17, 15) is 22.5 Å². The zero-order valence-electron chi connectivity index (χ0n) is 15.1. The van der Waals surface area contributed by atoms with Gasteiger partial charge in [0.15, 0.2) is 6.29 Å². The molecule has 0 aromatic heterocycles. The van der Waals surface area contributed by atoms with Crippen LogP contribution in [0.15, 0.2) is 52.3 Å². The highest BCUT2D eigenvalue weighted by Gasteiger charge is 2.32. The minimum absolute atomic E-state index is 0.0133. The molecule has 2 rings (SSSR count). The van der Waals surface area contributed by atoms with Gasteiger partial charge in [0.2, 0.25) is 0 Å². The summed E-state index contributed by atoms with van der Waals surface area (Å²) in [6.07, 6.45) is -3.76. The Kier molecular flexibility index (Phi) is 7.02. The van der Waals surface area contributed by atoms with Crippen molar-refractivity contribution in [1.29, 1.82) is 0 Å². The average molecular weight is 416 g/mol. The maximum atomic E-state index is 13.1. The third kappa shape index (κ3) is 6.00. The first kappa shape index (κ1) is 21.8. The van der Waals surface area contributed by atoms with Crippen LogP contribution in [-0.4, -0.2) is 15.6 Å². The highest BCUT2D eigenvalue weighted by atomic mass is 32.2. The smallest absolute Gasteiger partial charge is 0.416 e. The fourth-order valence-corrected chi connectivity index (χ4v) is 3.88. The molecule has 0 heterocycles. The van der Waals surface area contributed by atoms with Crippen molar-refractivity contribution in [3.8, 4) is 0 Å². The number of aldehydes is 1. The second-order valence-electron chi connectivity index (χ2n) is 6.78. The summed E-state index contributed by atoms with van der Waals surface area (Å²) >= 11 is -0.217. The monoisotopic (exact) mass is 415 g/mol. The molecule has 146 valence electrons. The molecule has 2 aromatic rings. The predicted octanol–water partition coefficient (Wildman–Crippen LogP) is 5.22. The first-order valence-electron chi connectivity index (χ1n) is 8.10. The van der Waals surface area contributed by atoms with E-state index in [1.807, 2.05) is 0 Å². The molecule has 0 saturated heterocycles. The predicted molar refractivity (Wildman–Crippen MR) is 102 cm³/mol. The lowest BCUT2D eigenvalue weighted by atomic mass is 10.1. The number of halogens is 3. The summed E-state index contributed by atoms with van der Waals surface area (Å²) < 4.78 is 53.8. The van der Waals surface area contributed by atoms with E-state index in [1.165, 1.54) is 17.8 Å². The number of benzene rings is 2. The molecule has 0 spiro atoms. The highest BCUT2D eigenvalue weighted by molar-refractivity contribution is 7.99. The van der Waals surface area contributed by atoms with Gasteiger partial charge < -0.3 is 4.55 Å².